The molecule has 1 saturated carbocycles. The van der Waals surface area contributed by atoms with Crippen molar-refractivity contribution < 1.29 is 32.8 Å². The molecule has 3 N–H and O–H groups in total. The lowest BCUT2D eigenvalue weighted by Gasteiger charge is -2.36. The average molecular weight is 676 g/mol. The number of likely N-dealkylation sites (tertiary alicyclic amines) is 1. The average Bonchev–Trinajstić information content (AvgIpc) is 3.67. The zero-order chi connectivity index (χ0) is 35.5. The van der Waals surface area contributed by atoms with Crippen molar-refractivity contribution in [3.05, 3.63) is 78.0 Å². The third-order valence-electron chi connectivity index (χ3n) is 9.64. The number of aromatic nitrogens is 1. The van der Waals surface area contributed by atoms with Crippen LogP contribution in [0.5, 0.6) is 0 Å². The lowest BCUT2D eigenvalue weighted by atomic mass is 9.85. The topological polar surface area (TPSA) is 138 Å². The summed E-state index contributed by atoms with van der Waals surface area (Å²) in [6, 6.07) is 13.1. The molecule has 0 bridgehead atoms. The number of hydrogen-bond donors (Lipinski definition) is 3. The Labute approximate surface area is 284 Å². The number of hydrogen-bond acceptors (Lipinski definition) is 6. The maximum atomic E-state index is 14.4. The summed E-state index contributed by atoms with van der Waals surface area (Å²) in [4.78, 5) is 74.0. The van der Waals surface area contributed by atoms with Crippen molar-refractivity contribution in [2.75, 3.05) is 6.54 Å². The minimum absolute atomic E-state index is 0.0144. The van der Waals surface area contributed by atoms with Crippen LogP contribution in [0.2, 0.25) is 0 Å². The Balaban J connectivity index is 1.37. The fraction of sp³-hybridized carbons (Fsp3) is 0.459. The number of pyridine rings is 1. The second-order valence-electron chi connectivity index (χ2n) is 14.1. The van der Waals surface area contributed by atoms with E-state index in [0.717, 1.165) is 12.8 Å². The number of amides is 4. The summed E-state index contributed by atoms with van der Waals surface area (Å²) in [5, 5.41) is 8.49. The molecule has 2 aromatic carbocycles. The molecule has 1 aromatic heterocycles. The predicted octanol–water partition coefficient (Wildman–Crippen LogP) is 4.59. The Kier molecular flexibility index (Phi) is 10.7. The van der Waals surface area contributed by atoms with Crippen LogP contribution in [0.1, 0.15) is 75.3 Å². The van der Waals surface area contributed by atoms with Crippen LogP contribution in [-0.4, -0.2) is 70.4 Å². The monoisotopic (exact) mass is 675 g/mol. The molecule has 10 nitrogen and oxygen atoms in total. The summed E-state index contributed by atoms with van der Waals surface area (Å²) >= 11 is 0. The molecule has 2 heterocycles. The van der Waals surface area contributed by atoms with Crippen molar-refractivity contribution in [3.8, 4) is 0 Å². The number of carbonyl (C=O) groups excluding carboxylic acids is 5. The minimum atomic E-state index is -2.99. The smallest absolute Gasteiger partial charge is 0.290 e. The van der Waals surface area contributed by atoms with Gasteiger partial charge in [0.1, 0.15) is 18.1 Å². The fourth-order valence-electron chi connectivity index (χ4n) is 7.10. The standard InChI is InChI=1S/C37H43F2N5O5/c1-21(22-11-6-5-7-12-22)41-35(48)31(45)28(19-29(38)39)42-34(47)30-24-15-10-13-23(24)20-44(30)36(49)32(37(2,3)4)43-33(46)26-17-18-40-27-16-9-8-14-25(26)27/h5-9,11-12,14,16-18,21,23-24,28-30,32H,10,13,15,19-20H2,1-4H3,(H,41,48)(H,42,47)(H,43,46)/t21-,23-,24-,28?,30-,32-/m0/s1. The molecule has 260 valence electrons. The molecule has 1 unspecified atom stereocenters. The van der Waals surface area contributed by atoms with Crippen LogP contribution in [0.3, 0.4) is 0 Å². The molecule has 6 atom stereocenters. The second kappa shape index (κ2) is 14.8. The van der Waals surface area contributed by atoms with E-state index in [2.05, 4.69) is 20.9 Å². The third-order valence-corrected chi connectivity index (χ3v) is 9.64. The van der Waals surface area contributed by atoms with Crippen molar-refractivity contribution in [2.45, 2.75) is 84.0 Å². The van der Waals surface area contributed by atoms with Crippen LogP contribution in [-0.2, 0) is 19.2 Å². The van der Waals surface area contributed by atoms with Gasteiger partial charge < -0.3 is 20.9 Å². The van der Waals surface area contributed by atoms with E-state index in [1.54, 1.807) is 82.3 Å². The lowest BCUT2D eigenvalue weighted by molar-refractivity contribution is -0.145. The number of nitrogens with one attached hydrogen (secondary N) is 3. The van der Waals surface area contributed by atoms with Crippen molar-refractivity contribution in [1.29, 1.82) is 0 Å². The molecule has 12 heteroatoms. The van der Waals surface area contributed by atoms with Crippen LogP contribution in [0, 0.1) is 17.3 Å². The number of Topliss-reactive ketones (excluding diaryl/α,β-unsaturated/α-hetero) is 1. The fourth-order valence-corrected chi connectivity index (χ4v) is 7.10. The molecule has 1 aliphatic heterocycles. The van der Waals surface area contributed by atoms with Gasteiger partial charge in [0.25, 0.3) is 11.8 Å². The molecule has 1 aliphatic carbocycles. The molecule has 2 aliphatic rings. The first-order valence-corrected chi connectivity index (χ1v) is 16.7. The van der Waals surface area contributed by atoms with E-state index in [9.17, 15) is 32.8 Å². The summed E-state index contributed by atoms with van der Waals surface area (Å²) < 4.78 is 27.5. The van der Waals surface area contributed by atoms with E-state index >= 15 is 0 Å². The highest BCUT2D eigenvalue weighted by Crippen LogP contribution is 2.43. The van der Waals surface area contributed by atoms with Gasteiger partial charge in [-0.15, -0.1) is 0 Å². The Morgan fingerprint density at radius 3 is 2.31 bits per heavy atom. The summed E-state index contributed by atoms with van der Waals surface area (Å²) in [5.41, 5.74) is 0.890. The molecule has 1 saturated heterocycles. The maximum absolute atomic E-state index is 14.4. The van der Waals surface area contributed by atoms with Crippen molar-refractivity contribution >= 4 is 40.3 Å². The van der Waals surface area contributed by atoms with Gasteiger partial charge in [0.05, 0.1) is 17.1 Å². The molecular formula is C37H43F2N5O5. The number of nitrogens with zero attached hydrogens (tertiary/aromatic N) is 2. The number of carbonyl (C=O) groups is 5. The molecular weight excluding hydrogens is 632 g/mol. The number of ketones is 1. The van der Waals surface area contributed by atoms with Crippen molar-refractivity contribution in [1.82, 2.24) is 25.8 Å². The van der Waals surface area contributed by atoms with Gasteiger partial charge in [-0.3, -0.25) is 29.0 Å². The first-order valence-electron chi connectivity index (χ1n) is 16.7. The number of alkyl halides is 2. The minimum Gasteiger partial charge on any atom is -0.344 e. The summed E-state index contributed by atoms with van der Waals surface area (Å²) in [6.07, 6.45) is -0.300. The SMILES string of the molecule is C[C@H](NC(=O)C(=O)C(CC(F)F)NC(=O)[C@@H]1[C@H]2CCC[C@H]2CN1C(=O)[C@H](NC(=O)c1ccnc2ccccc12)C(C)(C)C)c1ccccc1. The number of fused-ring (bicyclic) bond motifs is 2. The Bertz CT molecular complexity index is 1710. The number of benzene rings is 2. The van der Waals surface area contributed by atoms with Gasteiger partial charge in [0.2, 0.25) is 24.0 Å². The molecule has 0 radical (unpaired) electrons. The highest BCUT2D eigenvalue weighted by Gasteiger charge is 2.52. The van der Waals surface area contributed by atoms with E-state index in [0.29, 0.717) is 28.5 Å². The summed E-state index contributed by atoms with van der Waals surface area (Å²) in [7, 11) is 0. The van der Waals surface area contributed by atoms with Crippen LogP contribution in [0.15, 0.2) is 66.9 Å². The zero-order valence-corrected chi connectivity index (χ0v) is 28.1. The first-order chi connectivity index (χ1) is 23.3. The van der Waals surface area contributed by atoms with Gasteiger partial charge in [-0.2, -0.15) is 0 Å². The highest BCUT2D eigenvalue weighted by atomic mass is 19.3. The van der Waals surface area contributed by atoms with Crippen LogP contribution in [0.25, 0.3) is 10.9 Å². The zero-order valence-electron chi connectivity index (χ0n) is 28.1. The van der Waals surface area contributed by atoms with Gasteiger partial charge in [0.15, 0.2) is 0 Å². The molecule has 0 spiro atoms. The molecule has 3 aromatic rings. The van der Waals surface area contributed by atoms with Gasteiger partial charge >= 0.3 is 0 Å². The lowest BCUT2D eigenvalue weighted by Crippen LogP contribution is -2.60. The van der Waals surface area contributed by atoms with E-state index in [-0.39, 0.29) is 18.4 Å². The second-order valence-corrected chi connectivity index (χ2v) is 14.1. The van der Waals surface area contributed by atoms with Gasteiger partial charge in [-0.05, 0) is 54.7 Å². The van der Waals surface area contributed by atoms with Crippen LogP contribution < -0.4 is 16.0 Å². The van der Waals surface area contributed by atoms with Gasteiger partial charge in [0, 0.05) is 24.5 Å². The summed E-state index contributed by atoms with van der Waals surface area (Å²) in [5.74, 6) is -4.31. The number of para-hydroxylation sites is 1. The van der Waals surface area contributed by atoms with Gasteiger partial charge in [-0.25, -0.2) is 8.78 Å². The van der Waals surface area contributed by atoms with Crippen LogP contribution >= 0.6 is 0 Å². The number of halogens is 2. The van der Waals surface area contributed by atoms with E-state index in [1.807, 2.05) is 6.07 Å². The van der Waals surface area contributed by atoms with E-state index in [4.69, 9.17) is 0 Å². The Morgan fingerprint density at radius 2 is 1.61 bits per heavy atom. The summed E-state index contributed by atoms with van der Waals surface area (Å²) in [6.45, 7) is 7.31. The highest BCUT2D eigenvalue weighted by molar-refractivity contribution is 6.38. The quantitative estimate of drug-likeness (QED) is 0.254. The van der Waals surface area contributed by atoms with E-state index < -0.39 is 71.8 Å². The molecule has 49 heavy (non-hydrogen) atoms. The Hall–Kier alpha value is -4.74. The molecule has 2 fully saturated rings. The normalized spacial score (nSPS) is 20.7. The van der Waals surface area contributed by atoms with Crippen LogP contribution in [0.4, 0.5) is 8.78 Å². The van der Waals surface area contributed by atoms with E-state index in [1.165, 1.54) is 11.1 Å². The van der Waals surface area contributed by atoms with Crippen molar-refractivity contribution in [2.24, 2.45) is 17.3 Å². The van der Waals surface area contributed by atoms with Crippen molar-refractivity contribution in [3.63, 3.8) is 0 Å². The molecule has 4 amide bonds. The predicted molar refractivity (Wildman–Crippen MR) is 179 cm³/mol. The first kappa shape index (κ1) is 35.6. The third kappa shape index (κ3) is 7.95. The maximum Gasteiger partial charge on any atom is 0.290 e. The molecule has 5 rings (SSSR count). The number of rotatable bonds is 11. The van der Waals surface area contributed by atoms with Gasteiger partial charge in [-0.1, -0.05) is 75.7 Å². The Morgan fingerprint density at radius 1 is 0.918 bits per heavy atom. The largest absolute Gasteiger partial charge is 0.344 e.